The molecule has 0 saturated heterocycles. The lowest BCUT2D eigenvalue weighted by atomic mass is 10.1. The van der Waals surface area contributed by atoms with Crippen molar-refractivity contribution in [1.29, 1.82) is 0 Å². The molecule has 0 bridgehead atoms. The monoisotopic (exact) mass is 381 g/mol. The Labute approximate surface area is 143 Å². The van der Waals surface area contributed by atoms with E-state index in [1.54, 1.807) is 13.1 Å². The van der Waals surface area contributed by atoms with Gasteiger partial charge in [-0.1, -0.05) is 15.9 Å². The highest BCUT2D eigenvalue weighted by Crippen LogP contribution is 2.27. The minimum Gasteiger partial charge on any atom is -0.466 e. The third kappa shape index (κ3) is 4.34. The Hall–Kier alpha value is -1.82. The van der Waals surface area contributed by atoms with Crippen molar-refractivity contribution < 1.29 is 19.1 Å². The topological polar surface area (TPSA) is 57.5 Å². The van der Waals surface area contributed by atoms with Crippen LogP contribution in [0.4, 0.5) is 4.79 Å². The summed E-state index contributed by atoms with van der Waals surface area (Å²) in [5.41, 5.74) is 0.831. The van der Waals surface area contributed by atoms with E-state index in [4.69, 9.17) is 9.47 Å². The lowest BCUT2D eigenvalue weighted by Crippen LogP contribution is -2.26. The van der Waals surface area contributed by atoms with E-state index in [-0.39, 0.29) is 12.4 Å². The van der Waals surface area contributed by atoms with Crippen molar-refractivity contribution in [1.82, 2.24) is 4.57 Å². The van der Waals surface area contributed by atoms with Gasteiger partial charge in [0.1, 0.15) is 5.60 Å². The summed E-state index contributed by atoms with van der Waals surface area (Å²) in [5.74, 6) is -0.323. The molecule has 1 aromatic carbocycles. The van der Waals surface area contributed by atoms with Crippen LogP contribution in [0.1, 0.15) is 33.3 Å². The maximum atomic E-state index is 12.4. The van der Waals surface area contributed by atoms with E-state index in [0.717, 1.165) is 15.4 Å². The van der Waals surface area contributed by atoms with Crippen molar-refractivity contribution in [3.63, 3.8) is 0 Å². The molecule has 6 heteroatoms. The molecule has 124 valence electrons. The maximum Gasteiger partial charge on any atom is 0.419 e. The van der Waals surface area contributed by atoms with Gasteiger partial charge in [-0.05, 0) is 51.5 Å². The van der Waals surface area contributed by atoms with E-state index in [1.807, 2.05) is 39.0 Å². The van der Waals surface area contributed by atoms with Gasteiger partial charge in [-0.25, -0.2) is 4.79 Å². The molecule has 0 atom stereocenters. The highest BCUT2D eigenvalue weighted by atomic mass is 79.9. The molecule has 0 unspecified atom stereocenters. The molecule has 0 fully saturated rings. The molecule has 0 amide bonds. The van der Waals surface area contributed by atoms with E-state index < -0.39 is 11.7 Å². The second kappa shape index (κ2) is 6.74. The molecule has 0 radical (unpaired) electrons. The number of nitrogens with zero attached hydrogens (tertiary/aromatic N) is 1. The fraction of sp³-hybridized carbons (Fsp3) is 0.412. The molecule has 1 heterocycles. The molecular weight excluding hydrogens is 362 g/mol. The Morgan fingerprint density at radius 3 is 2.57 bits per heavy atom. The number of aromatic nitrogens is 1. The summed E-state index contributed by atoms with van der Waals surface area (Å²) in [6.45, 7) is 7.53. The van der Waals surface area contributed by atoms with Crippen LogP contribution in [0.25, 0.3) is 10.9 Å². The minimum atomic E-state index is -0.593. The van der Waals surface area contributed by atoms with E-state index in [1.165, 1.54) is 4.57 Å². The van der Waals surface area contributed by atoms with Crippen LogP contribution < -0.4 is 0 Å². The number of carbonyl (C=O) groups is 2. The lowest BCUT2D eigenvalue weighted by Gasteiger charge is -2.19. The summed E-state index contributed by atoms with van der Waals surface area (Å²) in [5, 5.41) is 0.818. The lowest BCUT2D eigenvalue weighted by molar-refractivity contribution is -0.142. The Morgan fingerprint density at radius 2 is 1.96 bits per heavy atom. The van der Waals surface area contributed by atoms with E-state index in [0.29, 0.717) is 12.1 Å². The zero-order valence-corrected chi connectivity index (χ0v) is 15.3. The summed E-state index contributed by atoms with van der Waals surface area (Å²) in [4.78, 5) is 24.2. The van der Waals surface area contributed by atoms with Crippen LogP contribution >= 0.6 is 15.9 Å². The third-order valence-corrected chi connectivity index (χ3v) is 3.57. The largest absolute Gasteiger partial charge is 0.466 e. The molecule has 1 aromatic heterocycles. The molecule has 2 aromatic rings. The molecule has 0 saturated carbocycles. The number of hydrogen-bond donors (Lipinski definition) is 0. The van der Waals surface area contributed by atoms with Crippen LogP contribution in [0.2, 0.25) is 0 Å². The predicted molar refractivity (Wildman–Crippen MR) is 91.6 cm³/mol. The molecule has 2 rings (SSSR count). The fourth-order valence-corrected chi connectivity index (χ4v) is 2.60. The van der Waals surface area contributed by atoms with Crippen LogP contribution in [0.5, 0.6) is 0 Å². The average molecular weight is 382 g/mol. The summed E-state index contributed by atoms with van der Waals surface area (Å²) in [6, 6.07) is 5.54. The molecule has 0 spiro atoms. The van der Waals surface area contributed by atoms with Gasteiger partial charge in [-0.3, -0.25) is 9.36 Å². The number of esters is 1. The zero-order valence-electron chi connectivity index (χ0n) is 13.7. The van der Waals surface area contributed by atoms with Gasteiger partial charge in [0.25, 0.3) is 0 Å². The highest BCUT2D eigenvalue weighted by Gasteiger charge is 2.21. The minimum absolute atomic E-state index is 0.108. The second-order valence-electron chi connectivity index (χ2n) is 6.15. The Kier molecular flexibility index (Phi) is 5.14. The van der Waals surface area contributed by atoms with Gasteiger partial charge in [0.05, 0.1) is 18.5 Å². The molecule has 5 nitrogen and oxygen atoms in total. The van der Waals surface area contributed by atoms with E-state index in [2.05, 4.69) is 15.9 Å². The maximum absolute atomic E-state index is 12.4. The van der Waals surface area contributed by atoms with E-state index in [9.17, 15) is 9.59 Å². The van der Waals surface area contributed by atoms with E-state index >= 15 is 0 Å². The molecule has 0 aliphatic carbocycles. The highest BCUT2D eigenvalue weighted by molar-refractivity contribution is 9.10. The van der Waals surface area contributed by atoms with Gasteiger partial charge in [0.2, 0.25) is 0 Å². The first-order chi connectivity index (χ1) is 10.7. The first-order valence-corrected chi connectivity index (χ1v) is 8.19. The van der Waals surface area contributed by atoms with Gasteiger partial charge in [0, 0.05) is 16.1 Å². The molecular formula is C17H20BrNO4. The Balaban J connectivity index is 2.46. The molecule has 23 heavy (non-hydrogen) atoms. The Morgan fingerprint density at radius 1 is 1.26 bits per heavy atom. The molecule has 0 N–H and O–H groups in total. The Bertz CT molecular complexity index is 743. The van der Waals surface area contributed by atoms with Crippen molar-refractivity contribution >= 4 is 38.9 Å². The van der Waals surface area contributed by atoms with Crippen molar-refractivity contribution in [2.45, 2.75) is 39.7 Å². The predicted octanol–water partition coefficient (Wildman–Crippen LogP) is 4.29. The van der Waals surface area contributed by atoms with Crippen molar-refractivity contribution in [2.24, 2.45) is 0 Å². The first-order valence-electron chi connectivity index (χ1n) is 7.39. The number of halogens is 1. The number of ether oxygens (including phenoxy) is 2. The third-order valence-electron chi connectivity index (χ3n) is 3.08. The van der Waals surface area contributed by atoms with Gasteiger partial charge in [-0.2, -0.15) is 0 Å². The normalized spacial score (nSPS) is 11.5. The van der Waals surface area contributed by atoms with Crippen molar-refractivity contribution in [3.05, 3.63) is 34.4 Å². The summed E-state index contributed by atoms with van der Waals surface area (Å²) < 4.78 is 12.7. The van der Waals surface area contributed by atoms with Crippen molar-refractivity contribution in [2.75, 3.05) is 6.61 Å². The number of benzene rings is 1. The molecule has 0 aliphatic heterocycles. The van der Waals surface area contributed by atoms with Gasteiger partial charge < -0.3 is 9.47 Å². The van der Waals surface area contributed by atoms with Gasteiger partial charge in [0.15, 0.2) is 0 Å². The van der Waals surface area contributed by atoms with Crippen LogP contribution in [0.15, 0.2) is 28.9 Å². The van der Waals surface area contributed by atoms with Crippen molar-refractivity contribution in [3.8, 4) is 0 Å². The summed E-state index contributed by atoms with van der Waals surface area (Å²) >= 11 is 3.42. The van der Waals surface area contributed by atoms with Crippen LogP contribution in [-0.4, -0.2) is 28.8 Å². The standard InChI is InChI=1S/C17H20BrNO4/c1-5-22-15(20)8-11-10-19(16(21)23-17(2,3)4)14-7-6-12(18)9-13(11)14/h6-7,9-10H,5,8H2,1-4H3. The van der Waals surface area contributed by atoms with Crippen LogP contribution in [0, 0.1) is 0 Å². The average Bonchev–Trinajstić information content (AvgIpc) is 2.75. The van der Waals surface area contributed by atoms with Crippen LogP contribution in [0.3, 0.4) is 0 Å². The summed E-state index contributed by atoms with van der Waals surface area (Å²) in [6.07, 6.45) is 1.28. The fourth-order valence-electron chi connectivity index (χ4n) is 2.24. The number of rotatable bonds is 3. The zero-order chi connectivity index (χ0) is 17.2. The second-order valence-corrected chi connectivity index (χ2v) is 7.06. The smallest absolute Gasteiger partial charge is 0.419 e. The quantitative estimate of drug-likeness (QED) is 0.743. The van der Waals surface area contributed by atoms with Crippen LogP contribution in [-0.2, 0) is 20.7 Å². The summed E-state index contributed by atoms with van der Waals surface area (Å²) in [7, 11) is 0. The first kappa shape index (κ1) is 17.5. The number of carbonyl (C=O) groups excluding carboxylic acids is 2. The molecule has 0 aliphatic rings. The van der Waals surface area contributed by atoms with Gasteiger partial charge >= 0.3 is 12.1 Å². The number of hydrogen-bond acceptors (Lipinski definition) is 4. The SMILES string of the molecule is CCOC(=O)Cc1cn(C(=O)OC(C)(C)C)c2ccc(Br)cc12. The van der Waals surface area contributed by atoms with Gasteiger partial charge in [-0.15, -0.1) is 0 Å². The number of fused-ring (bicyclic) bond motifs is 1.